The van der Waals surface area contributed by atoms with Crippen molar-refractivity contribution in [2.45, 2.75) is 18.9 Å². The fourth-order valence-electron chi connectivity index (χ4n) is 4.71. The molecule has 1 atom stereocenters. The van der Waals surface area contributed by atoms with Gasteiger partial charge in [-0.25, -0.2) is 9.78 Å². The van der Waals surface area contributed by atoms with Crippen LogP contribution in [0, 0.1) is 0 Å². The van der Waals surface area contributed by atoms with Crippen molar-refractivity contribution in [3.63, 3.8) is 0 Å². The van der Waals surface area contributed by atoms with Gasteiger partial charge in [0.2, 0.25) is 0 Å². The molecular weight excluding hydrogens is 416 g/mol. The molecule has 1 N–H and O–H groups in total. The number of aromatic nitrogens is 7. The second kappa shape index (κ2) is 7.63. The number of fused-ring (bicyclic) bond motifs is 3. The van der Waals surface area contributed by atoms with Crippen LogP contribution in [-0.2, 0) is 14.1 Å². The molecule has 9 heteroatoms. The van der Waals surface area contributed by atoms with Gasteiger partial charge in [-0.05, 0) is 43.7 Å². The van der Waals surface area contributed by atoms with Crippen molar-refractivity contribution in [2.75, 3.05) is 13.1 Å². The average Bonchev–Trinajstić information content (AvgIpc) is 3.40. The Kier molecular flexibility index (Phi) is 4.58. The van der Waals surface area contributed by atoms with E-state index in [0.29, 0.717) is 0 Å². The van der Waals surface area contributed by atoms with E-state index in [1.165, 1.54) is 0 Å². The first-order valence-corrected chi connectivity index (χ1v) is 11.1. The maximum absolute atomic E-state index is 13.2. The van der Waals surface area contributed by atoms with E-state index in [1.54, 1.807) is 28.7 Å². The first-order chi connectivity index (χ1) is 16.1. The van der Waals surface area contributed by atoms with Gasteiger partial charge in [0.15, 0.2) is 0 Å². The monoisotopic (exact) mass is 440 g/mol. The molecular formula is C24H24N8O. The predicted molar refractivity (Wildman–Crippen MR) is 127 cm³/mol. The van der Waals surface area contributed by atoms with Crippen molar-refractivity contribution in [1.29, 1.82) is 0 Å². The number of nitrogens with zero attached hydrogens (tertiary/aromatic N) is 7. The van der Waals surface area contributed by atoms with Crippen LogP contribution in [0.15, 0.2) is 53.8 Å². The maximum Gasteiger partial charge on any atom is 0.329 e. The summed E-state index contributed by atoms with van der Waals surface area (Å²) in [5.74, 6) is 0. The minimum atomic E-state index is -0.0253. The molecule has 0 bridgehead atoms. The number of rotatable bonds is 3. The lowest BCUT2D eigenvalue weighted by molar-refractivity contribution is 0.369. The van der Waals surface area contributed by atoms with Gasteiger partial charge in [0.25, 0.3) is 0 Å². The Labute approximate surface area is 189 Å². The molecule has 1 saturated heterocycles. The van der Waals surface area contributed by atoms with E-state index in [4.69, 9.17) is 4.98 Å². The Morgan fingerprint density at radius 1 is 1.00 bits per heavy atom. The summed E-state index contributed by atoms with van der Waals surface area (Å²) in [6, 6.07) is 8.01. The molecule has 1 aliphatic heterocycles. The predicted octanol–water partition coefficient (Wildman–Crippen LogP) is 2.67. The number of pyridine rings is 3. The highest BCUT2D eigenvalue weighted by Crippen LogP contribution is 2.29. The normalized spacial score (nSPS) is 16.6. The van der Waals surface area contributed by atoms with E-state index < -0.39 is 0 Å². The average molecular weight is 441 g/mol. The van der Waals surface area contributed by atoms with Gasteiger partial charge in [-0.15, -0.1) is 0 Å². The Hall–Kier alpha value is -3.85. The molecule has 5 aromatic rings. The lowest BCUT2D eigenvalue weighted by Crippen LogP contribution is -2.36. The summed E-state index contributed by atoms with van der Waals surface area (Å²) in [6.45, 7) is 1.77. The van der Waals surface area contributed by atoms with E-state index >= 15 is 0 Å². The van der Waals surface area contributed by atoms with Crippen LogP contribution in [0.1, 0.15) is 18.9 Å². The number of imidazole rings is 1. The highest BCUT2D eigenvalue weighted by Gasteiger charge is 2.23. The van der Waals surface area contributed by atoms with Crippen LogP contribution >= 0.6 is 0 Å². The van der Waals surface area contributed by atoms with Gasteiger partial charge < -0.3 is 5.32 Å². The molecule has 0 amide bonds. The highest BCUT2D eigenvalue weighted by atomic mass is 16.1. The Bertz CT molecular complexity index is 1540. The lowest BCUT2D eigenvalue weighted by atomic mass is 10.1. The van der Waals surface area contributed by atoms with Crippen LogP contribution in [0.5, 0.6) is 0 Å². The zero-order chi connectivity index (χ0) is 22.5. The Balaban J connectivity index is 1.50. The number of hydrogen-bond donors (Lipinski definition) is 1. The molecule has 0 aromatic carbocycles. The van der Waals surface area contributed by atoms with Crippen LogP contribution in [0.4, 0.5) is 0 Å². The van der Waals surface area contributed by atoms with E-state index in [0.717, 1.165) is 70.5 Å². The summed E-state index contributed by atoms with van der Waals surface area (Å²) >= 11 is 0. The minimum absolute atomic E-state index is 0.0253. The van der Waals surface area contributed by atoms with Gasteiger partial charge in [0.05, 0.1) is 46.4 Å². The number of piperidine rings is 1. The van der Waals surface area contributed by atoms with Gasteiger partial charge in [0.1, 0.15) is 5.52 Å². The molecule has 33 heavy (non-hydrogen) atoms. The van der Waals surface area contributed by atoms with E-state index in [-0.39, 0.29) is 11.7 Å². The van der Waals surface area contributed by atoms with Gasteiger partial charge in [-0.1, -0.05) is 0 Å². The quantitative estimate of drug-likeness (QED) is 0.463. The number of hydrogen-bond acceptors (Lipinski definition) is 6. The van der Waals surface area contributed by atoms with Crippen LogP contribution < -0.4 is 11.0 Å². The van der Waals surface area contributed by atoms with Crippen molar-refractivity contribution in [3.8, 4) is 22.5 Å². The highest BCUT2D eigenvalue weighted by molar-refractivity contribution is 6.00. The smallest absolute Gasteiger partial charge is 0.315 e. The molecule has 6 heterocycles. The van der Waals surface area contributed by atoms with Gasteiger partial charge >= 0.3 is 5.69 Å². The van der Waals surface area contributed by atoms with Gasteiger partial charge in [-0.3, -0.25) is 23.8 Å². The van der Waals surface area contributed by atoms with E-state index in [1.807, 2.05) is 48.3 Å². The van der Waals surface area contributed by atoms with Crippen molar-refractivity contribution >= 4 is 22.1 Å². The molecule has 0 unspecified atom stereocenters. The summed E-state index contributed by atoms with van der Waals surface area (Å²) in [5, 5.41) is 7.64. The molecule has 9 nitrogen and oxygen atoms in total. The molecule has 5 aromatic heterocycles. The number of nitrogens with one attached hydrogen (secondary N) is 1. The molecule has 1 aliphatic rings. The van der Waals surface area contributed by atoms with Crippen LogP contribution in [0.3, 0.4) is 0 Å². The zero-order valence-electron chi connectivity index (χ0n) is 18.6. The van der Waals surface area contributed by atoms with Gasteiger partial charge in [-0.2, -0.15) is 5.10 Å². The van der Waals surface area contributed by atoms with Crippen LogP contribution in [-0.4, -0.2) is 47.0 Å². The molecule has 0 radical (unpaired) electrons. The molecule has 0 aliphatic carbocycles. The van der Waals surface area contributed by atoms with Crippen molar-refractivity contribution in [3.05, 3.63) is 59.5 Å². The third kappa shape index (κ3) is 3.23. The number of aryl methyl sites for hydroxylation is 2. The van der Waals surface area contributed by atoms with Crippen molar-refractivity contribution in [2.24, 2.45) is 14.1 Å². The maximum atomic E-state index is 13.2. The topological polar surface area (TPSA) is 95.5 Å². The Morgan fingerprint density at radius 3 is 2.61 bits per heavy atom. The molecule has 1 fully saturated rings. The molecule has 6 rings (SSSR count). The van der Waals surface area contributed by atoms with Crippen molar-refractivity contribution < 1.29 is 0 Å². The third-order valence-electron chi connectivity index (χ3n) is 6.46. The standard InChI is InChI=1S/C24H24N8O/c1-30-14-16(11-28-30)18-6-5-15(10-26-18)19-7-8-20-22(29-19)23-21(13-27-20)31(2)24(33)32(23)17-4-3-9-25-12-17/h5-8,10-11,13-14,17,25H,3-4,9,12H2,1-2H3/t17-/m1/s1. The fourth-order valence-corrected chi connectivity index (χ4v) is 4.71. The summed E-state index contributed by atoms with van der Waals surface area (Å²) < 4.78 is 5.34. The van der Waals surface area contributed by atoms with E-state index in [2.05, 4.69) is 20.4 Å². The summed E-state index contributed by atoms with van der Waals surface area (Å²) in [7, 11) is 3.69. The van der Waals surface area contributed by atoms with Gasteiger partial charge in [0, 0.05) is 44.2 Å². The molecule has 166 valence electrons. The second-order valence-corrected chi connectivity index (χ2v) is 8.60. The van der Waals surface area contributed by atoms with Crippen molar-refractivity contribution in [1.82, 2.24) is 39.2 Å². The fraction of sp³-hybridized carbons (Fsp3) is 0.292. The largest absolute Gasteiger partial charge is 0.329 e. The summed E-state index contributed by atoms with van der Waals surface area (Å²) in [6.07, 6.45) is 9.35. The second-order valence-electron chi connectivity index (χ2n) is 8.60. The minimum Gasteiger partial charge on any atom is -0.315 e. The van der Waals surface area contributed by atoms with E-state index in [9.17, 15) is 4.79 Å². The molecule has 0 saturated carbocycles. The third-order valence-corrected chi connectivity index (χ3v) is 6.46. The SMILES string of the molecule is Cn1cc(-c2ccc(-c3ccc4ncc5c(c4n3)n([C@@H]3CCCNC3)c(=O)n5C)cn2)cn1. The first-order valence-electron chi connectivity index (χ1n) is 11.1. The zero-order valence-corrected chi connectivity index (χ0v) is 18.6. The van der Waals surface area contributed by atoms with Crippen LogP contribution in [0.2, 0.25) is 0 Å². The molecule has 0 spiro atoms. The first kappa shape index (κ1) is 19.8. The summed E-state index contributed by atoms with van der Waals surface area (Å²) in [4.78, 5) is 27.4. The Morgan fingerprint density at radius 2 is 1.88 bits per heavy atom. The lowest BCUT2D eigenvalue weighted by Gasteiger charge is -2.24. The van der Waals surface area contributed by atoms with Crippen LogP contribution in [0.25, 0.3) is 44.6 Å². The summed E-state index contributed by atoms with van der Waals surface area (Å²) in [5.41, 5.74) is 6.67.